The highest BCUT2D eigenvalue weighted by atomic mass is 15.1. The summed E-state index contributed by atoms with van der Waals surface area (Å²) in [5, 5.41) is 2.54. The normalized spacial score (nSPS) is 18.2. The molecule has 3 atom stereocenters. The molecule has 0 saturated heterocycles. The van der Waals surface area contributed by atoms with Gasteiger partial charge in [-0.25, -0.2) is 0 Å². The molecule has 1 heteroatoms. The molecule has 0 heterocycles. The summed E-state index contributed by atoms with van der Waals surface area (Å²) < 4.78 is 0. The molecule has 0 aromatic heterocycles. The fourth-order valence-electron chi connectivity index (χ4n) is 11.8. The zero-order chi connectivity index (χ0) is 40.3. The summed E-state index contributed by atoms with van der Waals surface area (Å²) >= 11 is 0. The zero-order valence-corrected chi connectivity index (χ0v) is 34.3. The number of nitrogens with zero attached hydrogens (tertiary/aromatic N) is 1. The molecule has 9 aromatic carbocycles. The summed E-state index contributed by atoms with van der Waals surface area (Å²) in [4.78, 5) is 2.47. The Morgan fingerprint density at radius 2 is 0.934 bits per heavy atom. The minimum absolute atomic E-state index is 0.432. The first-order valence-electron chi connectivity index (χ1n) is 22.2. The van der Waals surface area contributed by atoms with E-state index in [1.54, 1.807) is 0 Å². The van der Waals surface area contributed by atoms with Gasteiger partial charge in [0.1, 0.15) is 0 Å². The summed E-state index contributed by atoms with van der Waals surface area (Å²) in [6, 6.07) is 81.6. The van der Waals surface area contributed by atoms with Crippen LogP contribution < -0.4 is 4.90 Å². The van der Waals surface area contributed by atoms with Crippen LogP contribution in [0.15, 0.2) is 218 Å². The Hall–Kier alpha value is -6.96. The van der Waals surface area contributed by atoms with Crippen molar-refractivity contribution >= 4 is 27.8 Å². The molecule has 9 aromatic rings. The Balaban J connectivity index is 1.01. The average Bonchev–Trinajstić information content (AvgIpc) is 4.06. The lowest BCUT2D eigenvalue weighted by Crippen LogP contribution is -2.28. The molecular weight excluding hydrogens is 735 g/mol. The van der Waals surface area contributed by atoms with Gasteiger partial charge in [0.2, 0.25) is 0 Å². The van der Waals surface area contributed by atoms with Gasteiger partial charge in [0.25, 0.3) is 0 Å². The van der Waals surface area contributed by atoms with Crippen molar-refractivity contribution in [2.75, 3.05) is 4.90 Å². The van der Waals surface area contributed by atoms with Crippen molar-refractivity contribution in [2.45, 2.75) is 37.0 Å². The molecule has 0 amide bonds. The van der Waals surface area contributed by atoms with E-state index in [0.29, 0.717) is 5.92 Å². The molecule has 0 spiro atoms. The van der Waals surface area contributed by atoms with Crippen LogP contribution in [0.3, 0.4) is 0 Å². The SMILES string of the molecule is c1ccc(-c2cccc3cccc(-c4ccc(N(c5ccc(C6CC7CCC6C7)cc5)c5ccc6c(c5)-c5ccccc5C6(c5ccccc5)c5ccccc5)cc4)c23)cc1. The van der Waals surface area contributed by atoms with Crippen molar-refractivity contribution in [2.24, 2.45) is 11.8 Å². The van der Waals surface area contributed by atoms with Gasteiger partial charge >= 0.3 is 0 Å². The van der Waals surface area contributed by atoms with Crippen LogP contribution in [0, 0.1) is 11.8 Å². The maximum absolute atomic E-state index is 2.47. The first-order valence-corrected chi connectivity index (χ1v) is 22.2. The third-order valence-corrected chi connectivity index (χ3v) is 14.4. The van der Waals surface area contributed by atoms with Gasteiger partial charge in [0, 0.05) is 17.1 Å². The van der Waals surface area contributed by atoms with E-state index >= 15 is 0 Å². The quantitative estimate of drug-likeness (QED) is 0.148. The van der Waals surface area contributed by atoms with E-state index in [1.165, 1.54) is 103 Å². The first kappa shape index (κ1) is 35.9. The fourth-order valence-corrected chi connectivity index (χ4v) is 11.8. The molecular formula is C60H47N. The van der Waals surface area contributed by atoms with Gasteiger partial charge < -0.3 is 4.90 Å². The summed E-state index contributed by atoms with van der Waals surface area (Å²) in [5.74, 6) is 2.47. The minimum atomic E-state index is -0.432. The zero-order valence-electron chi connectivity index (χ0n) is 34.3. The van der Waals surface area contributed by atoms with Crippen molar-refractivity contribution in [1.29, 1.82) is 0 Å². The van der Waals surface area contributed by atoms with E-state index in [2.05, 4.69) is 223 Å². The van der Waals surface area contributed by atoms with E-state index in [1.807, 2.05) is 0 Å². The Kier molecular flexibility index (Phi) is 8.63. The van der Waals surface area contributed by atoms with Crippen LogP contribution in [0.4, 0.5) is 17.1 Å². The lowest BCUT2D eigenvalue weighted by atomic mass is 9.68. The van der Waals surface area contributed by atoms with Gasteiger partial charge in [-0.15, -0.1) is 0 Å². The van der Waals surface area contributed by atoms with Crippen LogP contribution in [-0.4, -0.2) is 0 Å². The molecule has 3 aliphatic carbocycles. The maximum atomic E-state index is 2.47. The predicted octanol–water partition coefficient (Wildman–Crippen LogP) is 15.9. The van der Waals surface area contributed by atoms with Gasteiger partial charge in [-0.3, -0.25) is 0 Å². The second-order valence-corrected chi connectivity index (χ2v) is 17.6. The molecule has 3 unspecified atom stereocenters. The summed E-state index contributed by atoms with van der Waals surface area (Å²) in [6.07, 6.45) is 5.58. The molecule has 2 fully saturated rings. The van der Waals surface area contributed by atoms with E-state index in [9.17, 15) is 0 Å². The molecule has 0 N–H and O–H groups in total. The van der Waals surface area contributed by atoms with Crippen LogP contribution in [0.2, 0.25) is 0 Å². The summed E-state index contributed by atoms with van der Waals surface area (Å²) in [7, 11) is 0. The van der Waals surface area contributed by atoms with Gasteiger partial charge in [0.15, 0.2) is 0 Å². The van der Waals surface area contributed by atoms with E-state index in [4.69, 9.17) is 0 Å². The van der Waals surface area contributed by atoms with Crippen molar-refractivity contribution in [3.05, 3.63) is 246 Å². The highest BCUT2D eigenvalue weighted by molar-refractivity contribution is 6.06. The average molecular weight is 782 g/mol. The van der Waals surface area contributed by atoms with Gasteiger partial charge in [-0.2, -0.15) is 0 Å². The van der Waals surface area contributed by atoms with Crippen LogP contribution in [0.25, 0.3) is 44.2 Å². The van der Waals surface area contributed by atoms with E-state index in [0.717, 1.165) is 23.2 Å². The monoisotopic (exact) mass is 781 g/mol. The third-order valence-electron chi connectivity index (χ3n) is 14.4. The number of fused-ring (bicyclic) bond motifs is 6. The number of benzene rings is 9. The number of anilines is 3. The molecule has 1 nitrogen and oxygen atoms in total. The largest absolute Gasteiger partial charge is 0.310 e. The Morgan fingerprint density at radius 1 is 0.393 bits per heavy atom. The molecule has 292 valence electrons. The summed E-state index contributed by atoms with van der Waals surface area (Å²) in [5.41, 5.74) is 17.3. The molecule has 0 aliphatic heterocycles. The fraction of sp³-hybridized carbons (Fsp3) is 0.133. The van der Waals surface area contributed by atoms with E-state index in [-0.39, 0.29) is 0 Å². The predicted molar refractivity (Wildman–Crippen MR) is 255 cm³/mol. The molecule has 61 heavy (non-hydrogen) atoms. The van der Waals surface area contributed by atoms with E-state index < -0.39 is 5.41 Å². The number of hydrogen-bond donors (Lipinski definition) is 0. The second-order valence-electron chi connectivity index (χ2n) is 17.6. The van der Waals surface area contributed by atoms with Crippen LogP contribution >= 0.6 is 0 Å². The lowest BCUT2D eigenvalue weighted by molar-refractivity contribution is 0.420. The molecule has 2 bridgehead atoms. The Bertz CT molecular complexity index is 2980. The standard InChI is InChI=1S/C60H47N/c1-4-14-42(15-5-1)52-23-12-16-45-17-13-24-53(59(45)52)43-28-32-49(33-29-43)61(50-34-30-44(31-35-50)55-39-41-26-27-46(55)38-41)51-36-37-58-56(40-51)54-22-10-11-25-57(54)60(58,47-18-6-2-7-19-47)48-20-8-3-9-21-48/h1-25,28-37,40-41,46,55H,26-27,38-39H2. The Labute approximate surface area is 359 Å². The van der Waals surface area contributed by atoms with Crippen molar-refractivity contribution in [3.63, 3.8) is 0 Å². The van der Waals surface area contributed by atoms with Gasteiger partial charge in [-0.05, 0) is 145 Å². The lowest BCUT2D eigenvalue weighted by Gasteiger charge is -2.34. The maximum Gasteiger partial charge on any atom is 0.0713 e. The van der Waals surface area contributed by atoms with Crippen LogP contribution in [0.1, 0.15) is 59.4 Å². The number of hydrogen-bond acceptors (Lipinski definition) is 1. The minimum Gasteiger partial charge on any atom is -0.310 e. The highest BCUT2D eigenvalue weighted by Crippen LogP contribution is 2.57. The first-order chi connectivity index (χ1) is 30.2. The second kappa shape index (κ2) is 14.6. The Morgan fingerprint density at radius 3 is 1.56 bits per heavy atom. The molecule has 2 saturated carbocycles. The molecule has 0 radical (unpaired) electrons. The molecule has 3 aliphatic rings. The highest BCUT2D eigenvalue weighted by Gasteiger charge is 2.46. The van der Waals surface area contributed by atoms with Crippen molar-refractivity contribution < 1.29 is 0 Å². The topological polar surface area (TPSA) is 3.24 Å². The van der Waals surface area contributed by atoms with Gasteiger partial charge in [0.05, 0.1) is 5.41 Å². The summed E-state index contributed by atoms with van der Waals surface area (Å²) in [6.45, 7) is 0. The van der Waals surface area contributed by atoms with Crippen molar-refractivity contribution in [3.8, 4) is 33.4 Å². The van der Waals surface area contributed by atoms with Gasteiger partial charge in [-0.1, -0.05) is 188 Å². The van der Waals surface area contributed by atoms with Crippen LogP contribution in [0.5, 0.6) is 0 Å². The molecule has 12 rings (SSSR count). The van der Waals surface area contributed by atoms with Crippen molar-refractivity contribution in [1.82, 2.24) is 0 Å². The third kappa shape index (κ3) is 5.82. The smallest absolute Gasteiger partial charge is 0.0713 e. The number of rotatable bonds is 8. The van der Waals surface area contributed by atoms with Crippen LogP contribution in [-0.2, 0) is 5.41 Å².